The van der Waals surface area contributed by atoms with Crippen LogP contribution >= 0.6 is 0 Å². The van der Waals surface area contributed by atoms with Gasteiger partial charge < -0.3 is 5.11 Å². The molecule has 1 aliphatic heterocycles. The highest BCUT2D eigenvalue weighted by atomic mass is 19.4. The molecule has 1 aliphatic rings. The number of hydrazone groups is 1. The Kier molecular flexibility index (Phi) is 3.29. The standard InChI is InChI=1S/C12H10F4N2O2/c1-7-6-11(20,12(14,15)16)18(17-7)10(19)8-2-4-9(13)5-3-8/h2-5,20H,6H2,1H3/t11-/m1/s1. The van der Waals surface area contributed by atoms with E-state index in [1.165, 1.54) is 6.92 Å². The highest BCUT2D eigenvalue weighted by Gasteiger charge is 2.62. The second-order valence-corrected chi connectivity index (χ2v) is 4.45. The van der Waals surface area contributed by atoms with Crippen LogP contribution in [0.2, 0.25) is 0 Å². The Labute approximate surface area is 111 Å². The predicted octanol–water partition coefficient (Wildman–Crippen LogP) is 2.30. The van der Waals surface area contributed by atoms with Crippen LogP contribution in [-0.4, -0.2) is 33.6 Å². The molecule has 0 saturated heterocycles. The van der Waals surface area contributed by atoms with E-state index in [0.717, 1.165) is 24.3 Å². The van der Waals surface area contributed by atoms with Gasteiger partial charge in [-0.15, -0.1) is 0 Å². The van der Waals surface area contributed by atoms with E-state index in [1.807, 2.05) is 0 Å². The smallest absolute Gasteiger partial charge is 0.362 e. The molecule has 0 aliphatic carbocycles. The molecule has 1 aromatic carbocycles. The zero-order valence-corrected chi connectivity index (χ0v) is 10.3. The first-order chi connectivity index (χ1) is 9.15. The molecular weight excluding hydrogens is 280 g/mol. The summed E-state index contributed by atoms with van der Waals surface area (Å²) >= 11 is 0. The Bertz CT molecular complexity index is 568. The lowest BCUT2D eigenvalue weighted by Crippen LogP contribution is -2.56. The van der Waals surface area contributed by atoms with Crippen LogP contribution in [0.4, 0.5) is 17.6 Å². The monoisotopic (exact) mass is 290 g/mol. The van der Waals surface area contributed by atoms with Crippen LogP contribution in [0.5, 0.6) is 0 Å². The van der Waals surface area contributed by atoms with E-state index in [2.05, 4.69) is 5.10 Å². The van der Waals surface area contributed by atoms with Crippen molar-refractivity contribution >= 4 is 11.6 Å². The highest BCUT2D eigenvalue weighted by Crippen LogP contribution is 2.40. The summed E-state index contributed by atoms with van der Waals surface area (Å²) in [6, 6.07) is 3.92. The molecule has 0 spiro atoms. The summed E-state index contributed by atoms with van der Waals surface area (Å²) < 4.78 is 51.5. The van der Waals surface area contributed by atoms with Crippen molar-refractivity contribution in [1.29, 1.82) is 0 Å². The SMILES string of the molecule is CC1=NN(C(=O)c2ccc(F)cc2)[C@](O)(C(F)(F)F)C1. The van der Waals surface area contributed by atoms with Crippen molar-refractivity contribution in [3.8, 4) is 0 Å². The number of hydrogen-bond acceptors (Lipinski definition) is 3. The molecule has 0 bridgehead atoms. The van der Waals surface area contributed by atoms with Crippen LogP contribution in [0.3, 0.4) is 0 Å². The number of amides is 1. The van der Waals surface area contributed by atoms with E-state index in [1.54, 1.807) is 0 Å². The largest absolute Gasteiger partial charge is 0.438 e. The molecule has 0 radical (unpaired) electrons. The van der Waals surface area contributed by atoms with Crippen molar-refractivity contribution in [3.63, 3.8) is 0 Å². The van der Waals surface area contributed by atoms with Crippen molar-refractivity contribution in [2.24, 2.45) is 5.10 Å². The minimum Gasteiger partial charge on any atom is -0.362 e. The van der Waals surface area contributed by atoms with Gasteiger partial charge in [0.25, 0.3) is 11.6 Å². The topological polar surface area (TPSA) is 52.9 Å². The summed E-state index contributed by atoms with van der Waals surface area (Å²) in [5.74, 6) is -1.78. The number of hydrogen-bond donors (Lipinski definition) is 1. The van der Waals surface area contributed by atoms with E-state index in [4.69, 9.17) is 0 Å². The zero-order valence-electron chi connectivity index (χ0n) is 10.3. The maximum atomic E-state index is 12.9. The Hall–Kier alpha value is -1.96. The van der Waals surface area contributed by atoms with Crippen molar-refractivity contribution < 1.29 is 27.5 Å². The van der Waals surface area contributed by atoms with Gasteiger partial charge in [0.15, 0.2) is 0 Å². The third-order valence-electron chi connectivity index (χ3n) is 2.86. The number of rotatable bonds is 1. The average Bonchev–Trinajstić information content (AvgIpc) is 2.65. The van der Waals surface area contributed by atoms with Crippen LogP contribution in [0.15, 0.2) is 29.4 Å². The quantitative estimate of drug-likeness (QED) is 0.807. The van der Waals surface area contributed by atoms with Gasteiger partial charge in [0, 0.05) is 17.7 Å². The molecule has 108 valence electrons. The molecule has 1 amide bonds. The van der Waals surface area contributed by atoms with E-state index in [9.17, 15) is 27.5 Å². The summed E-state index contributed by atoms with van der Waals surface area (Å²) in [4.78, 5) is 12.0. The van der Waals surface area contributed by atoms with Gasteiger partial charge in [0.2, 0.25) is 0 Å². The molecule has 20 heavy (non-hydrogen) atoms. The number of aliphatic hydroxyl groups is 1. The third kappa shape index (κ3) is 2.26. The minimum absolute atomic E-state index is 0.00439. The summed E-state index contributed by atoms with van der Waals surface area (Å²) in [6.45, 7) is 1.27. The molecule has 2 rings (SSSR count). The van der Waals surface area contributed by atoms with Gasteiger partial charge in [-0.05, 0) is 31.2 Å². The fraction of sp³-hybridized carbons (Fsp3) is 0.333. The number of carbonyl (C=O) groups is 1. The summed E-state index contributed by atoms with van der Waals surface area (Å²) in [6.07, 6.45) is -5.87. The highest BCUT2D eigenvalue weighted by molar-refractivity contribution is 5.97. The van der Waals surface area contributed by atoms with E-state index >= 15 is 0 Å². The van der Waals surface area contributed by atoms with E-state index < -0.39 is 30.0 Å². The first kappa shape index (κ1) is 14.4. The lowest BCUT2D eigenvalue weighted by molar-refractivity contribution is -0.297. The molecule has 1 heterocycles. The first-order valence-electron chi connectivity index (χ1n) is 5.58. The molecule has 8 heteroatoms. The van der Waals surface area contributed by atoms with E-state index in [-0.39, 0.29) is 16.3 Å². The average molecular weight is 290 g/mol. The lowest BCUT2D eigenvalue weighted by atomic mass is 10.1. The molecule has 1 N–H and O–H groups in total. The third-order valence-corrected chi connectivity index (χ3v) is 2.86. The molecule has 4 nitrogen and oxygen atoms in total. The van der Waals surface area contributed by atoms with Gasteiger partial charge in [-0.1, -0.05) is 0 Å². The number of benzene rings is 1. The number of alkyl halides is 3. The second-order valence-electron chi connectivity index (χ2n) is 4.45. The van der Waals surface area contributed by atoms with Gasteiger partial charge in [0.1, 0.15) is 5.82 Å². The molecule has 0 unspecified atom stereocenters. The number of nitrogens with zero attached hydrogens (tertiary/aromatic N) is 2. The maximum absolute atomic E-state index is 12.9. The Morgan fingerprint density at radius 2 is 1.90 bits per heavy atom. The Morgan fingerprint density at radius 1 is 1.35 bits per heavy atom. The summed E-state index contributed by atoms with van der Waals surface area (Å²) in [5, 5.41) is 13.2. The van der Waals surface area contributed by atoms with Gasteiger partial charge in [0.05, 0.1) is 0 Å². The number of halogens is 4. The van der Waals surface area contributed by atoms with Crippen LogP contribution in [0.25, 0.3) is 0 Å². The molecule has 1 atom stereocenters. The summed E-state index contributed by atoms with van der Waals surface area (Å²) in [7, 11) is 0. The van der Waals surface area contributed by atoms with E-state index in [0.29, 0.717) is 0 Å². The van der Waals surface area contributed by atoms with Crippen LogP contribution in [0, 0.1) is 5.82 Å². The van der Waals surface area contributed by atoms with Crippen molar-refractivity contribution in [2.75, 3.05) is 0 Å². The van der Waals surface area contributed by atoms with Crippen LogP contribution < -0.4 is 0 Å². The fourth-order valence-corrected chi connectivity index (χ4v) is 1.87. The van der Waals surface area contributed by atoms with Gasteiger partial charge in [-0.3, -0.25) is 4.79 Å². The predicted molar refractivity (Wildman–Crippen MR) is 61.3 cm³/mol. The van der Waals surface area contributed by atoms with Gasteiger partial charge in [-0.25, -0.2) is 4.39 Å². The summed E-state index contributed by atoms with van der Waals surface area (Å²) in [5.41, 5.74) is -3.60. The Morgan fingerprint density at radius 3 is 2.40 bits per heavy atom. The molecule has 0 aromatic heterocycles. The van der Waals surface area contributed by atoms with Crippen molar-refractivity contribution in [3.05, 3.63) is 35.6 Å². The van der Waals surface area contributed by atoms with Crippen LogP contribution in [0.1, 0.15) is 23.7 Å². The van der Waals surface area contributed by atoms with Crippen molar-refractivity contribution in [2.45, 2.75) is 25.2 Å². The molecular formula is C12H10F4N2O2. The molecule has 1 aromatic rings. The van der Waals surface area contributed by atoms with Crippen molar-refractivity contribution in [1.82, 2.24) is 5.01 Å². The van der Waals surface area contributed by atoms with Gasteiger partial charge in [-0.2, -0.15) is 23.3 Å². The van der Waals surface area contributed by atoms with Gasteiger partial charge >= 0.3 is 6.18 Å². The molecule has 0 fully saturated rings. The maximum Gasteiger partial charge on any atom is 0.438 e. The Balaban J connectivity index is 2.39. The number of carbonyl (C=O) groups excluding carboxylic acids is 1. The minimum atomic E-state index is -5.05. The lowest BCUT2D eigenvalue weighted by Gasteiger charge is -2.32. The fourth-order valence-electron chi connectivity index (χ4n) is 1.87. The zero-order chi connectivity index (χ0) is 15.1. The first-order valence-corrected chi connectivity index (χ1v) is 5.58. The second kappa shape index (κ2) is 4.55. The normalized spacial score (nSPS) is 22.9. The van der Waals surface area contributed by atoms with Crippen LogP contribution in [-0.2, 0) is 0 Å². The molecule has 0 saturated carbocycles.